The molecule has 0 spiro atoms. The number of carbonyl (C=O) groups is 2. The molecule has 1 saturated heterocycles. The van der Waals surface area contributed by atoms with E-state index >= 15 is 0 Å². The van der Waals surface area contributed by atoms with Crippen LogP contribution in [-0.4, -0.2) is 40.8 Å². The number of aromatic nitrogens is 1. The van der Waals surface area contributed by atoms with Crippen molar-refractivity contribution in [3.05, 3.63) is 71.4 Å². The van der Waals surface area contributed by atoms with Crippen LogP contribution in [0.3, 0.4) is 0 Å². The molecule has 3 aromatic rings. The maximum Gasteiger partial charge on any atom is 0.270 e. The summed E-state index contributed by atoms with van der Waals surface area (Å²) in [4.78, 5) is 30.2. The average Bonchev–Trinajstić information content (AvgIpc) is 3.12. The molecule has 0 unspecified atom stereocenters. The Kier molecular flexibility index (Phi) is 4.67. The fourth-order valence-corrected chi connectivity index (χ4v) is 3.61. The number of hydrogen-bond donors (Lipinski definition) is 2. The van der Waals surface area contributed by atoms with E-state index in [1.165, 1.54) is 5.56 Å². The molecule has 1 aliphatic rings. The van der Waals surface area contributed by atoms with Gasteiger partial charge in [0, 0.05) is 35.6 Å². The van der Waals surface area contributed by atoms with Crippen molar-refractivity contribution in [1.82, 2.24) is 15.2 Å². The number of fused-ring (bicyclic) bond motifs is 1. The molecule has 2 aromatic carbocycles. The first-order chi connectivity index (χ1) is 13.1. The Bertz CT molecular complexity index is 970. The second-order valence-electron chi connectivity index (χ2n) is 7.18. The van der Waals surface area contributed by atoms with Gasteiger partial charge in [-0.05, 0) is 49.6 Å². The number of aryl methyl sites for hydroxylation is 1. The summed E-state index contributed by atoms with van der Waals surface area (Å²) in [7, 11) is 0. The van der Waals surface area contributed by atoms with Gasteiger partial charge < -0.3 is 15.2 Å². The van der Waals surface area contributed by atoms with E-state index in [2.05, 4.69) is 16.4 Å². The number of H-pyrrole nitrogens is 1. The minimum Gasteiger partial charge on any atom is -0.351 e. The molecule has 0 aliphatic carbocycles. The van der Waals surface area contributed by atoms with Gasteiger partial charge in [0.2, 0.25) is 0 Å². The molecule has 1 fully saturated rings. The Morgan fingerprint density at radius 1 is 1.04 bits per heavy atom. The molecule has 0 radical (unpaired) electrons. The summed E-state index contributed by atoms with van der Waals surface area (Å²) in [5.74, 6) is -0.0250. The van der Waals surface area contributed by atoms with Crippen LogP contribution >= 0.6 is 0 Å². The van der Waals surface area contributed by atoms with Crippen LogP contribution in [0.15, 0.2) is 54.6 Å². The van der Waals surface area contributed by atoms with Crippen molar-refractivity contribution in [3.8, 4) is 0 Å². The van der Waals surface area contributed by atoms with Crippen LogP contribution in [0, 0.1) is 6.92 Å². The molecule has 4 rings (SSSR count). The van der Waals surface area contributed by atoms with Crippen LogP contribution in [0.2, 0.25) is 0 Å². The minimum absolute atomic E-state index is 0.0247. The molecule has 5 heteroatoms. The highest BCUT2D eigenvalue weighted by Gasteiger charge is 2.25. The third-order valence-corrected chi connectivity index (χ3v) is 5.16. The summed E-state index contributed by atoms with van der Waals surface area (Å²) in [6.45, 7) is 3.33. The van der Waals surface area contributed by atoms with Crippen LogP contribution in [0.25, 0.3) is 10.9 Å². The van der Waals surface area contributed by atoms with E-state index in [1.54, 1.807) is 0 Å². The van der Waals surface area contributed by atoms with Gasteiger partial charge in [0.1, 0.15) is 5.69 Å². The highest BCUT2D eigenvalue weighted by molar-refractivity contribution is 5.98. The Hall–Kier alpha value is -3.08. The SMILES string of the molecule is Cc1ccc2cc(C(=O)N3CCC(NC(=O)c4ccccc4)CC3)[nH]c2c1. The fourth-order valence-electron chi connectivity index (χ4n) is 3.61. The summed E-state index contributed by atoms with van der Waals surface area (Å²) < 4.78 is 0. The zero-order chi connectivity index (χ0) is 18.8. The Morgan fingerprint density at radius 3 is 2.52 bits per heavy atom. The second-order valence-corrected chi connectivity index (χ2v) is 7.18. The van der Waals surface area contributed by atoms with Gasteiger partial charge >= 0.3 is 0 Å². The highest BCUT2D eigenvalue weighted by Crippen LogP contribution is 2.20. The van der Waals surface area contributed by atoms with Crippen molar-refractivity contribution in [1.29, 1.82) is 0 Å². The zero-order valence-electron chi connectivity index (χ0n) is 15.4. The Balaban J connectivity index is 1.37. The molecule has 1 aromatic heterocycles. The summed E-state index contributed by atoms with van der Waals surface area (Å²) >= 11 is 0. The molecule has 0 saturated carbocycles. The van der Waals surface area contributed by atoms with Crippen LogP contribution < -0.4 is 5.32 Å². The molecule has 5 nitrogen and oxygen atoms in total. The molecule has 2 heterocycles. The first kappa shape index (κ1) is 17.3. The van der Waals surface area contributed by atoms with Crippen molar-refractivity contribution in [2.75, 3.05) is 13.1 Å². The number of amides is 2. The molecule has 2 N–H and O–H groups in total. The molecule has 0 bridgehead atoms. The molecular weight excluding hydrogens is 338 g/mol. The number of benzene rings is 2. The first-order valence-corrected chi connectivity index (χ1v) is 9.35. The number of nitrogens with one attached hydrogen (secondary N) is 2. The lowest BCUT2D eigenvalue weighted by molar-refractivity contribution is 0.0693. The van der Waals surface area contributed by atoms with E-state index < -0.39 is 0 Å². The van der Waals surface area contributed by atoms with Gasteiger partial charge in [0.25, 0.3) is 11.8 Å². The van der Waals surface area contributed by atoms with Crippen molar-refractivity contribution < 1.29 is 9.59 Å². The van der Waals surface area contributed by atoms with Gasteiger partial charge in [0.05, 0.1) is 0 Å². The average molecular weight is 361 g/mol. The van der Waals surface area contributed by atoms with Crippen molar-refractivity contribution in [2.24, 2.45) is 0 Å². The van der Waals surface area contributed by atoms with Crippen molar-refractivity contribution in [3.63, 3.8) is 0 Å². The molecule has 27 heavy (non-hydrogen) atoms. The van der Waals surface area contributed by atoms with Gasteiger partial charge in [-0.2, -0.15) is 0 Å². The predicted octanol–water partition coefficient (Wildman–Crippen LogP) is 3.51. The topological polar surface area (TPSA) is 65.2 Å². The third kappa shape index (κ3) is 3.72. The van der Waals surface area contributed by atoms with E-state index in [1.807, 2.05) is 60.4 Å². The van der Waals surface area contributed by atoms with Gasteiger partial charge in [-0.1, -0.05) is 30.3 Å². The normalized spacial score (nSPS) is 15.1. The van der Waals surface area contributed by atoms with Gasteiger partial charge in [-0.25, -0.2) is 0 Å². The van der Waals surface area contributed by atoms with Crippen LogP contribution in [-0.2, 0) is 0 Å². The Labute approximate surface area is 158 Å². The predicted molar refractivity (Wildman–Crippen MR) is 106 cm³/mol. The van der Waals surface area contributed by atoms with Crippen LogP contribution in [0.4, 0.5) is 0 Å². The summed E-state index contributed by atoms with van der Waals surface area (Å²) in [5, 5.41) is 4.13. The van der Waals surface area contributed by atoms with Crippen LogP contribution in [0.5, 0.6) is 0 Å². The molecule has 2 amide bonds. The minimum atomic E-state index is -0.0497. The molecular formula is C22H23N3O2. The van der Waals surface area contributed by atoms with E-state index in [0.717, 1.165) is 23.7 Å². The number of hydrogen-bond acceptors (Lipinski definition) is 2. The van der Waals surface area contributed by atoms with E-state index in [0.29, 0.717) is 24.3 Å². The molecule has 138 valence electrons. The highest BCUT2D eigenvalue weighted by atomic mass is 16.2. The zero-order valence-corrected chi connectivity index (χ0v) is 15.4. The summed E-state index contributed by atoms with van der Waals surface area (Å²) in [6.07, 6.45) is 1.54. The molecule has 0 atom stereocenters. The monoisotopic (exact) mass is 361 g/mol. The number of rotatable bonds is 3. The number of nitrogens with zero attached hydrogens (tertiary/aromatic N) is 1. The van der Waals surface area contributed by atoms with Crippen molar-refractivity contribution in [2.45, 2.75) is 25.8 Å². The van der Waals surface area contributed by atoms with Crippen molar-refractivity contribution >= 4 is 22.7 Å². The van der Waals surface area contributed by atoms with Gasteiger partial charge in [0.15, 0.2) is 0 Å². The number of likely N-dealkylation sites (tertiary alicyclic amines) is 1. The van der Waals surface area contributed by atoms with Gasteiger partial charge in [-0.3, -0.25) is 9.59 Å². The Morgan fingerprint density at radius 2 is 1.78 bits per heavy atom. The number of piperidine rings is 1. The van der Waals surface area contributed by atoms with E-state index in [9.17, 15) is 9.59 Å². The quantitative estimate of drug-likeness (QED) is 0.750. The largest absolute Gasteiger partial charge is 0.351 e. The summed E-state index contributed by atoms with van der Waals surface area (Å²) in [5.41, 5.74) is 3.45. The lowest BCUT2D eigenvalue weighted by Crippen LogP contribution is -2.46. The second kappa shape index (κ2) is 7.27. The third-order valence-electron chi connectivity index (χ3n) is 5.16. The first-order valence-electron chi connectivity index (χ1n) is 9.35. The lowest BCUT2D eigenvalue weighted by atomic mass is 10.0. The molecule has 1 aliphatic heterocycles. The maximum absolute atomic E-state index is 12.8. The summed E-state index contributed by atoms with van der Waals surface area (Å²) in [6, 6.07) is 17.4. The van der Waals surface area contributed by atoms with E-state index in [-0.39, 0.29) is 17.9 Å². The lowest BCUT2D eigenvalue weighted by Gasteiger charge is -2.32. The van der Waals surface area contributed by atoms with E-state index in [4.69, 9.17) is 0 Å². The fraction of sp³-hybridized carbons (Fsp3) is 0.273. The van der Waals surface area contributed by atoms with Gasteiger partial charge in [-0.15, -0.1) is 0 Å². The van der Waals surface area contributed by atoms with Crippen LogP contribution in [0.1, 0.15) is 39.3 Å². The maximum atomic E-state index is 12.8. The number of aromatic amines is 1. The smallest absolute Gasteiger partial charge is 0.270 e. The number of carbonyl (C=O) groups excluding carboxylic acids is 2. The standard InChI is InChI=1S/C22H23N3O2/c1-15-7-8-17-14-20(24-19(17)13-15)22(27)25-11-9-18(10-12-25)23-21(26)16-5-3-2-4-6-16/h2-8,13-14,18,24H,9-12H2,1H3,(H,23,26).